The van der Waals surface area contributed by atoms with Crippen LogP contribution in [0.15, 0.2) is 78.6 Å². The fourth-order valence-corrected chi connectivity index (χ4v) is 3.63. The van der Waals surface area contributed by atoms with E-state index in [1.54, 1.807) is 23.7 Å². The van der Waals surface area contributed by atoms with E-state index in [4.69, 9.17) is 4.98 Å². The van der Waals surface area contributed by atoms with E-state index >= 15 is 0 Å². The van der Waals surface area contributed by atoms with Crippen molar-refractivity contribution in [2.45, 2.75) is 0 Å². The molecule has 27 heavy (non-hydrogen) atoms. The summed E-state index contributed by atoms with van der Waals surface area (Å²) in [5.41, 5.74) is 3.58. The van der Waals surface area contributed by atoms with E-state index in [9.17, 15) is 0 Å². The lowest BCUT2D eigenvalue weighted by molar-refractivity contribution is 1.12. The molecule has 5 aromatic rings. The van der Waals surface area contributed by atoms with Crippen LogP contribution in [0.3, 0.4) is 0 Å². The first kappa shape index (κ1) is 15.7. The van der Waals surface area contributed by atoms with Crippen LogP contribution >= 0.6 is 11.3 Å². The first-order valence-corrected chi connectivity index (χ1v) is 9.28. The lowest BCUT2D eigenvalue weighted by atomic mass is 10.2. The van der Waals surface area contributed by atoms with Gasteiger partial charge < -0.3 is 5.32 Å². The molecule has 0 aliphatic carbocycles. The molecule has 0 saturated heterocycles. The number of aromatic nitrogens is 5. The lowest BCUT2D eigenvalue weighted by Gasteiger charge is -2.05. The van der Waals surface area contributed by atoms with Crippen LogP contribution in [-0.4, -0.2) is 24.3 Å². The zero-order chi connectivity index (χ0) is 18.1. The zero-order valence-corrected chi connectivity index (χ0v) is 15.0. The average Bonchev–Trinajstić information content (AvgIpc) is 3.37. The fourth-order valence-electron chi connectivity index (χ4n) is 2.81. The van der Waals surface area contributed by atoms with E-state index in [0.29, 0.717) is 5.95 Å². The van der Waals surface area contributed by atoms with Gasteiger partial charge in [-0.1, -0.05) is 36.4 Å². The van der Waals surface area contributed by atoms with E-state index in [1.807, 2.05) is 58.4 Å². The van der Waals surface area contributed by atoms with Gasteiger partial charge >= 0.3 is 0 Å². The van der Waals surface area contributed by atoms with Gasteiger partial charge in [0.05, 0.1) is 11.9 Å². The Kier molecular flexibility index (Phi) is 3.84. The summed E-state index contributed by atoms with van der Waals surface area (Å²) in [6.07, 6.45) is 5.44. The van der Waals surface area contributed by atoms with Crippen molar-refractivity contribution in [3.05, 3.63) is 78.6 Å². The Morgan fingerprint density at radius 2 is 1.74 bits per heavy atom. The maximum atomic E-state index is 4.72. The van der Waals surface area contributed by atoms with Crippen LogP contribution in [0, 0.1) is 0 Å². The normalized spacial score (nSPS) is 11.0. The van der Waals surface area contributed by atoms with E-state index in [0.717, 1.165) is 33.4 Å². The molecule has 0 radical (unpaired) electrons. The van der Waals surface area contributed by atoms with Crippen LogP contribution in [0.4, 0.5) is 11.8 Å². The van der Waals surface area contributed by atoms with Gasteiger partial charge in [0.1, 0.15) is 22.2 Å². The number of anilines is 2. The van der Waals surface area contributed by atoms with Crippen molar-refractivity contribution < 1.29 is 0 Å². The Labute approximate surface area is 159 Å². The Morgan fingerprint density at radius 3 is 2.67 bits per heavy atom. The molecule has 0 amide bonds. The van der Waals surface area contributed by atoms with Gasteiger partial charge in [0.25, 0.3) is 0 Å². The molecule has 5 rings (SSSR count). The SMILES string of the molecule is c1ccc(-c2nc(-c3ccnc(Nc4cnc5ccccn45)n3)cs2)cc1. The molecule has 0 atom stereocenters. The number of pyridine rings is 1. The number of imidazole rings is 1. The smallest absolute Gasteiger partial charge is 0.228 e. The largest absolute Gasteiger partial charge is 0.309 e. The average molecular weight is 370 g/mol. The number of nitrogens with one attached hydrogen (secondary N) is 1. The Morgan fingerprint density at radius 1 is 0.852 bits per heavy atom. The number of hydrogen-bond acceptors (Lipinski definition) is 6. The Bertz CT molecular complexity index is 1210. The number of fused-ring (bicyclic) bond motifs is 1. The van der Waals surface area contributed by atoms with Crippen molar-refractivity contribution in [1.82, 2.24) is 24.3 Å². The van der Waals surface area contributed by atoms with E-state index in [2.05, 4.69) is 32.4 Å². The first-order chi connectivity index (χ1) is 13.4. The van der Waals surface area contributed by atoms with Gasteiger partial charge in [-0.25, -0.2) is 19.9 Å². The van der Waals surface area contributed by atoms with Crippen molar-refractivity contribution in [3.63, 3.8) is 0 Å². The van der Waals surface area contributed by atoms with E-state index < -0.39 is 0 Å². The third-order valence-corrected chi connectivity index (χ3v) is 4.99. The molecule has 6 nitrogen and oxygen atoms in total. The van der Waals surface area contributed by atoms with Crippen LogP contribution < -0.4 is 5.32 Å². The highest BCUT2D eigenvalue weighted by Crippen LogP contribution is 2.28. The van der Waals surface area contributed by atoms with Gasteiger partial charge in [0.15, 0.2) is 0 Å². The number of nitrogens with zero attached hydrogens (tertiary/aromatic N) is 5. The molecule has 130 valence electrons. The molecule has 0 spiro atoms. The quantitative estimate of drug-likeness (QED) is 0.498. The van der Waals surface area contributed by atoms with Crippen molar-refractivity contribution in [1.29, 1.82) is 0 Å². The molecule has 7 heteroatoms. The summed E-state index contributed by atoms with van der Waals surface area (Å²) in [6.45, 7) is 0. The molecule has 4 heterocycles. The number of hydrogen-bond donors (Lipinski definition) is 1. The minimum atomic E-state index is 0.507. The molecule has 1 N–H and O–H groups in total. The molecular weight excluding hydrogens is 356 g/mol. The summed E-state index contributed by atoms with van der Waals surface area (Å²) in [5, 5.41) is 6.22. The summed E-state index contributed by atoms with van der Waals surface area (Å²) < 4.78 is 1.95. The third kappa shape index (κ3) is 3.04. The van der Waals surface area contributed by atoms with Gasteiger partial charge in [-0.05, 0) is 18.2 Å². The summed E-state index contributed by atoms with van der Waals surface area (Å²) in [6, 6.07) is 17.9. The van der Waals surface area contributed by atoms with Crippen LogP contribution in [0.2, 0.25) is 0 Å². The maximum Gasteiger partial charge on any atom is 0.228 e. The topological polar surface area (TPSA) is 68.0 Å². The predicted octanol–water partition coefficient (Wildman–Crippen LogP) is 4.66. The second kappa shape index (κ2) is 6.62. The number of benzene rings is 1. The summed E-state index contributed by atoms with van der Waals surface area (Å²) in [4.78, 5) is 18.0. The highest BCUT2D eigenvalue weighted by Gasteiger charge is 2.10. The maximum absolute atomic E-state index is 4.72. The van der Waals surface area contributed by atoms with Gasteiger partial charge in [-0.2, -0.15) is 0 Å². The molecule has 0 bridgehead atoms. The monoisotopic (exact) mass is 370 g/mol. The Balaban J connectivity index is 1.45. The minimum Gasteiger partial charge on any atom is -0.309 e. The van der Waals surface area contributed by atoms with Crippen molar-refractivity contribution in [2.24, 2.45) is 0 Å². The van der Waals surface area contributed by atoms with Gasteiger partial charge in [0, 0.05) is 23.3 Å². The Hall–Kier alpha value is -3.58. The second-order valence-electron chi connectivity index (χ2n) is 5.87. The van der Waals surface area contributed by atoms with Gasteiger partial charge in [0.2, 0.25) is 5.95 Å². The van der Waals surface area contributed by atoms with E-state index in [-0.39, 0.29) is 0 Å². The highest BCUT2D eigenvalue weighted by atomic mass is 32.1. The van der Waals surface area contributed by atoms with Crippen LogP contribution in [0.5, 0.6) is 0 Å². The second-order valence-corrected chi connectivity index (χ2v) is 6.72. The van der Waals surface area contributed by atoms with Gasteiger partial charge in [-0.15, -0.1) is 11.3 Å². The first-order valence-electron chi connectivity index (χ1n) is 8.40. The number of rotatable bonds is 4. The molecule has 4 aromatic heterocycles. The molecule has 0 aliphatic rings. The van der Waals surface area contributed by atoms with Crippen molar-refractivity contribution >= 4 is 28.8 Å². The van der Waals surface area contributed by atoms with Crippen molar-refractivity contribution in [2.75, 3.05) is 5.32 Å². The fraction of sp³-hybridized carbons (Fsp3) is 0. The van der Waals surface area contributed by atoms with E-state index in [1.165, 1.54) is 0 Å². The predicted molar refractivity (Wildman–Crippen MR) is 107 cm³/mol. The summed E-state index contributed by atoms with van der Waals surface area (Å²) >= 11 is 1.60. The molecule has 1 aromatic carbocycles. The highest BCUT2D eigenvalue weighted by molar-refractivity contribution is 7.13. The molecule has 0 saturated carbocycles. The van der Waals surface area contributed by atoms with Crippen LogP contribution in [-0.2, 0) is 0 Å². The van der Waals surface area contributed by atoms with Crippen LogP contribution in [0.25, 0.3) is 27.6 Å². The molecule has 0 aliphatic heterocycles. The van der Waals surface area contributed by atoms with Crippen molar-refractivity contribution in [3.8, 4) is 22.0 Å². The number of thiazole rings is 1. The lowest BCUT2D eigenvalue weighted by Crippen LogP contribution is -2.00. The van der Waals surface area contributed by atoms with Gasteiger partial charge in [-0.3, -0.25) is 4.40 Å². The zero-order valence-electron chi connectivity index (χ0n) is 14.1. The molecule has 0 unspecified atom stereocenters. The summed E-state index contributed by atoms with van der Waals surface area (Å²) in [5.74, 6) is 1.32. The molecule has 0 fully saturated rings. The van der Waals surface area contributed by atoms with Crippen LogP contribution in [0.1, 0.15) is 0 Å². The molecular formula is C20H14N6S. The standard InChI is InChI=1S/C20H14N6S/c1-2-6-14(7-3-1)19-23-16(13-27-19)15-9-10-21-20(24-15)25-18-12-22-17-8-4-5-11-26(17)18/h1-13H,(H,21,24,25). The summed E-state index contributed by atoms with van der Waals surface area (Å²) in [7, 11) is 0. The third-order valence-electron chi connectivity index (χ3n) is 4.10. The minimum absolute atomic E-state index is 0.507.